The predicted octanol–water partition coefficient (Wildman–Crippen LogP) is 4.30. The summed E-state index contributed by atoms with van der Waals surface area (Å²) in [5.41, 5.74) is 4.42. The Kier molecular flexibility index (Phi) is 7.68. The molecule has 42 heavy (non-hydrogen) atoms. The average molecular weight is 585 g/mol. The smallest absolute Gasteiger partial charge is 0.332 e. The quantitative estimate of drug-likeness (QED) is 0.312. The molecule has 0 aliphatic carbocycles. The summed E-state index contributed by atoms with van der Waals surface area (Å²) < 4.78 is 14.8. The van der Waals surface area contributed by atoms with Crippen LogP contribution in [0, 0.1) is 5.82 Å². The minimum Gasteiger partial charge on any atom is -0.333 e. The number of halogens is 1. The SMILES string of the molecule is C=CCN(C(=O)NCc1ccccc1)N1CC(=O)N2[C@@H](c3ccccc3)C(=O)N(Cc3ccc(F)c4scnc34)C[C@@H]21. The average Bonchev–Trinajstić information content (AvgIpc) is 3.63. The Labute approximate surface area is 246 Å². The van der Waals surface area contributed by atoms with Crippen molar-refractivity contribution >= 4 is 39.4 Å². The van der Waals surface area contributed by atoms with Crippen molar-refractivity contribution in [2.45, 2.75) is 25.3 Å². The van der Waals surface area contributed by atoms with Gasteiger partial charge < -0.3 is 15.1 Å². The lowest BCUT2D eigenvalue weighted by atomic mass is 10.00. The molecule has 1 N–H and O–H groups in total. The zero-order valence-electron chi connectivity index (χ0n) is 22.7. The maximum Gasteiger partial charge on any atom is 0.332 e. The largest absolute Gasteiger partial charge is 0.333 e. The van der Waals surface area contributed by atoms with Gasteiger partial charge in [-0.15, -0.1) is 17.9 Å². The summed E-state index contributed by atoms with van der Waals surface area (Å²) in [7, 11) is 0. The second-order valence-corrected chi connectivity index (χ2v) is 11.0. The summed E-state index contributed by atoms with van der Waals surface area (Å²) in [6, 6.07) is 20.5. The first kappa shape index (κ1) is 27.6. The monoisotopic (exact) mass is 584 g/mol. The number of nitrogens with one attached hydrogen (secondary N) is 1. The molecule has 11 heteroatoms. The van der Waals surface area contributed by atoms with Gasteiger partial charge in [0.1, 0.15) is 18.0 Å². The van der Waals surface area contributed by atoms with Crippen LogP contribution in [0.3, 0.4) is 0 Å². The van der Waals surface area contributed by atoms with Gasteiger partial charge in [-0.3, -0.25) is 14.6 Å². The fourth-order valence-corrected chi connectivity index (χ4v) is 6.38. The third-order valence-corrected chi connectivity index (χ3v) is 8.42. The number of thiazole rings is 1. The van der Waals surface area contributed by atoms with Gasteiger partial charge in [0.15, 0.2) is 0 Å². The van der Waals surface area contributed by atoms with Crippen LogP contribution in [0.1, 0.15) is 22.7 Å². The highest BCUT2D eigenvalue weighted by Gasteiger charge is 2.52. The van der Waals surface area contributed by atoms with E-state index in [2.05, 4.69) is 16.9 Å². The van der Waals surface area contributed by atoms with Gasteiger partial charge in [0.25, 0.3) is 5.91 Å². The number of benzene rings is 3. The standard InChI is InChI=1S/C31H29FN6O3S/c1-2-15-36(31(41)33-16-21-9-5-3-6-10-21)37-19-26(39)38-25(37)18-35(30(40)28(38)22-11-7-4-8-12-22)17-23-13-14-24(32)29-27(23)34-20-42-29/h2-14,20,25,28H,1,15-19H2,(H,33,41)/t25-,28+/m1/s1. The predicted molar refractivity (Wildman–Crippen MR) is 157 cm³/mol. The number of hydrogen-bond donors (Lipinski definition) is 1. The van der Waals surface area contributed by atoms with Crippen molar-refractivity contribution in [1.29, 1.82) is 0 Å². The minimum atomic E-state index is -0.883. The van der Waals surface area contributed by atoms with Crippen molar-refractivity contribution in [3.05, 3.63) is 113 Å². The Morgan fingerprint density at radius 1 is 1.10 bits per heavy atom. The second-order valence-electron chi connectivity index (χ2n) is 10.2. The van der Waals surface area contributed by atoms with Gasteiger partial charge in [-0.2, -0.15) is 5.01 Å². The number of fused-ring (bicyclic) bond motifs is 2. The van der Waals surface area contributed by atoms with Crippen LogP contribution in [0.15, 0.2) is 91.0 Å². The summed E-state index contributed by atoms with van der Waals surface area (Å²) in [6.07, 6.45) is 0.988. The van der Waals surface area contributed by atoms with Gasteiger partial charge in [-0.1, -0.05) is 72.8 Å². The van der Waals surface area contributed by atoms with Crippen LogP contribution in [-0.2, 0) is 22.7 Å². The van der Waals surface area contributed by atoms with Crippen LogP contribution < -0.4 is 5.32 Å². The number of amides is 4. The summed E-state index contributed by atoms with van der Waals surface area (Å²) in [4.78, 5) is 48.7. The molecular weight excluding hydrogens is 555 g/mol. The molecule has 3 heterocycles. The molecule has 4 aromatic rings. The van der Waals surface area contributed by atoms with E-state index in [1.165, 1.54) is 22.4 Å². The number of piperazine rings is 1. The molecule has 2 atom stereocenters. The van der Waals surface area contributed by atoms with Crippen molar-refractivity contribution in [1.82, 2.24) is 30.1 Å². The Morgan fingerprint density at radius 3 is 2.57 bits per heavy atom. The number of nitrogens with zero attached hydrogens (tertiary/aromatic N) is 5. The molecule has 0 bridgehead atoms. The van der Waals surface area contributed by atoms with Crippen molar-refractivity contribution < 1.29 is 18.8 Å². The highest BCUT2D eigenvalue weighted by molar-refractivity contribution is 7.16. The van der Waals surface area contributed by atoms with E-state index < -0.39 is 12.2 Å². The lowest BCUT2D eigenvalue weighted by molar-refractivity contribution is -0.158. The zero-order chi connectivity index (χ0) is 29.2. The van der Waals surface area contributed by atoms with Gasteiger partial charge in [0.2, 0.25) is 5.91 Å². The molecule has 1 aromatic heterocycles. The first-order valence-corrected chi connectivity index (χ1v) is 14.5. The van der Waals surface area contributed by atoms with Gasteiger partial charge in [0, 0.05) is 13.1 Å². The van der Waals surface area contributed by atoms with E-state index >= 15 is 0 Å². The molecule has 9 nitrogen and oxygen atoms in total. The molecule has 2 fully saturated rings. The molecule has 0 spiro atoms. The van der Waals surface area contributed by atoms with Crippen LogP contribution >= 0.6 is 11.3 Å². The van der Waals surface area contributed by atoms with Gasteiger partial charge >= 0.3 is 6.03 Å². The van der Waals surface area contributed by atoms with Gasteiger partial charge in [-0.25, -0.2) is 14.2 Å². The third kappa shape index (κ3) is 5.12. The van der Waals surface area contributed by atoms with Crippen LogP contribution in [0.25, 0.3) is 10.2 Å². The molecule has 2 saturated heterocycles. The number of urea groups is 1. The number of hydrazine groups is 1. The van der Waals surface area contributed by atoms with E-state index in [1.807, 2.05) is 60.7 Å². The normalized spacial score (nSPS) is 18.8. The van der Waals surface area contributed by atoms with Gasteiger partial charge in [0.05, 0.1) is 35.4 Å². The Morgan fingerprint density at radius 2 is 1.83 bits per heavy atom. The number of aromatic nitrogens is 1. The molecule has 2 aliphatic heterocycles. The lowest BCUT2D eigenvalue weighted by Crippen LogP contribution is -2.62. The number of hydrogen-bond acceptors (Lipinski definition) is 6. The molecule has 2 aliphatic rings. The molecule has 0 saturated carbocycles. The molecular formula is C31H29FN6O3S. The second kappa shape index (κ2) is 11.7. The van der Waals surface area contributed by atoms with Crippen LogP contribution in [-0.4, -0.2) is 68.4 Å². The van der Waals surface area contributed by atoms with E-state index in [-0.39, 0.29) is 49.8 Å². The van der Waals surface area contributed by atoms with E-state index in [0.29, 0.717) is 27.9 Å². The van der Waals surface area contributed by atoms with Crippen molar-refractivity contribution in [3.63, 3.8) is 0 Å². The van der Waals surface area contributed by atoms with Crippen LogP contribution in [0.2, 0.25) is 0 Å². The van der Waals surface area contributed by atoms with Crippen LogP contribution in [0.5, 0.6) is 0 Å². The molecule has 3 aromatic carbocycles. The van der Waals surface area contributed by atoms with Gasteiger partial charge in [-0.05, 0) is 22.8 Å². The summed E-state index contributed by atoms with van der Waals surface area (Å²) in [6.45, 7) is 4.56. The Bertz CT molecular complexity index is 1630. The van der Waals surface area contributed by atoms with Crippen molar-refractivity contribution in [2.75, 3.05) is 19.6 Å². The number of rotatable bonds is 8. The van der Waals surface area contributed by atoms with E-state index in [0.717, 1.165) is 5.56 Å². The molecule has 4 amide bonds. The summed E-state index contributed by atoms with van der Waals surface area (Å²) in [5, 5.41) is 6.13. The first-order chi connectivity index (χ1) is 20.5. The Hall–Kier alpha value is -4.61. The maximum absolute atomic E-state index is 14.4. The molecule has 0 radical (unpaired) electrons. The summed E-state index contributed by atoms with van der Waals surface area (Å²) in [5.74, 6) is -0.858. The zero-order valence-corrected chi connectivity index (χ0v) is 23.5. The Balaban J connectivity index is 1.33. The van der Waals surface area contributed by atoms with Crippen molar-refractivity contribution in [2.24, 2.45) is 0 Å². The minimum absolute atomic E-state index is 0.0748. The van der Waals surface area contributed by atoms with Crippen molar-refractivity contribution in [3.8, 4) is 0 Å². The number of carbonyl (C=O) groups excluding carboxylic acids is 3. The maximum atomic E-state index is 14.4. The molecule has 0 unspecified atom stereocenters. The topological polar surface area (TPSA) is 89.1 Å². The lowest BCUT2D eigenvalue weighted by Gasteiger charge is -2.46. The van der Waals surface area contributed by atoms with E-state index in [9.17, 15) is 18.8 Å². The molecule has 6 rings (SSSR count). The number of carbonyl (C=O) groups is 3. The highest BCUT2D eigenvalue weighted by atomic mass is 32.1. The summed E-state index contributed by atoms with van der Waals surface area (Å²) >= 11 is 1.21. The highest BCUT2D eigenvalue weighted by Crippen LogP contribution is 2.37. The molecule has 214 valence electrons. The fourth-order valence-electron chi connectivity index (χ4n) is 5.64. The van der Waals surface area contributed by atoms with Crippen LogP contribution in [0.4, 0.5) is 9.18 Å². The fraction of sp³-hybridized carbons (Fsp3) is 0.226. The third-order valence-electron chi connectivity index (χ3n) is 7.59. The first-order valence-electron chi connectivity index (χ1n) is 13.6. The van der Waals surface area contributed by atoms with E-state index in [4.69, 9.17) is 0 Å². The van der Waals surface area contributed by atoms with E-state index in [1.54, 1.807) is 32.5 Å².